The van der Waals surface area contributed by atoms with Gasteiger partial charge in [0.15, 0.2) is 0 Å². The largest absolute Gasteiger partial charge is 0.473 e. The van der Waals surface area contributed by atoms with Gasteiger partial charge in [0, 0.05) is 4.70 Å². The van der Waals surface area contributed by atoms with E-state index in [0.29, 0.717) is 5.92 Å². The van der Waals surface area contributed by atoms with Gasteiger partial charge in [-0.25, -0.2) is 9.59 Å². The van der Waals surface area contributed by atoms with Crippen LogP contribution in [0.3, 0.4) is 0 Å². The van der Waals surface area contributed by atoms with E-state index in [1.165, 1.54) is 48.1 Å². The standard InChI is InChI=1S/C16H18N2S.C2H2O4/c1-2-18-7-5-13(6-8-18)15-11-19-16-9-12(10-17)3-4-14(15)16;3-1(4)2(5)6/h3-4,9,11,13H,2,5-8H2,1H3;(H,3,4)(H,5,6). The first kappa shape index (κ1) is 18.9. The second kappa shape index (κ2) is 8.60. The summed E-state index contributed by atoms with van der Waals surface area (Å²) in [6, 6.07) is 8.31. The second-order valence-corrected chi connectivity index (χ2v) is 6.74. The molecule has 0 atom stereocenters. The van der Waals surface area contributed by atoms with Crippen molar-refractivity contribution >= 4 is 33.4 Å². The molecule has 0 radical (unpaired) electrons. The van der Waals surface area contributed by atoms with Crippen molar-refractivity contribution in [3.05, 3.63) is 34.7 Å². The summed E-state index contributed by atoms with van der Waals surface area (Å²) in [5.41, 5.74) is 2.27. The van der Waals surface area contributed by atoms with E-state index < -0.39 is 11.9 Å². The summed E-state index contributed by atoms with van der Waals surface area (Å²) in [6.45, 7) is 5.84. The molecule has 2 heterocycles. The Labute approximate surface area is 149 Å². The predicted octanol–water partition coefficient (Wildman–Crippen LogP) is 3.13. The SMILES string of the molecule is CCN1CCC(c2csc3cc(C#N)ccc23)CC1.O=C(O)C(=O)O. The molecule has 0 aliphatic carbocycles. The normalized spacial score (nSPS) is 15.2. The molecule has 0 amide bonds. The quantitative estimate of drug-likeness (QED) is 0.798. The lowest BCUT2D eigenvalue weighted by Crippen LogP contribution is -2.32. The molecule has 6 nitrogen and oxygen atoms in total. The van der Waals surface area contributed by atoms with Crippen molar-refractivity contribution in [1.82, 2.24) is 4.90 Å². The second-order valence-electron chi connectivity index (χ2n) is 5.83. The molecule has 1 aliphatic rings. The maximum Gasteiger partial charge on any atom is 0.414 e. The average molecular weight is 360 g/mol. The monoisotopic (exact) mass is 360 g/mol. The van der Waals surface area contributed by atoms with Crippen LogP contribution < -0.4 is 0 Å². The number of likely N-dealkylation sites (tertiary alicyclic amines) is 1. The maximum absolute atomic E-state index is 9.10. The van der Waals surface area contributed by atoms with Crippen LogP contribution in [0.4, 0.5) is 0 Å². The van der Waals surface area contributed by atoms with Crippen LogP contribution in [0.1, 0.15) is 36.8 Å². The maximum atomic E-state index is 9.10. The van der Waals surface area contributed by atoms with E-state index in [9.17, 15) is 0 Å². The van der Waals surface area contributed by atoms with Crippen molar-refractivity contribution in [2.45, 2.75) is 25.7 Å². The molecule has 3 rings (SSSR count). The van der Waals surface area contributed by atoms with E-state index in [4.69, 9.17) is 25.1 Å². The topological polar surface area (TPSA) is 102 Å². The minimum Gasteiger partial charge on any atom is -0.473 e. The summed E-state index contributed by atoms with van der Waals surface area (Å²) >= 11 is 1.78. The van der Waals surface area contributed by atoms with Gasteiger partial charge in [-0.1, -0.05) is 13.0 Å². The number of nitrogens with zero attached hydrogens (tertiary/aromatic N) is 2. The number of fused-ring (bicyclic) bond motifs is 1. The molecule has 0 bridgehead atoms. The zero-order chi connectivity index (χ0) is 18.4. The molecule has 0 unspecified atom stereocenters. The van der Waals surface area contributed by atoms with Crippen LogP contribution in [0.15, 0.2) is 23.6 Å². The first-order valence-electron chi connectivity index (χ1n) is 8.06. The molecule has 1 aromatic carbocycles. The summed E-state index contributed by atoms with van der Waals surface area (Å²) in [4.78, 5) is 20.7. The number of piperidine rings is 1. The highest BCUT2D eigenvalue weighted by Gasteiger charge is 2.21. The van der Waals surface area contributed by atoms with Crippen molar-refractivity contribution in [2.24, 2.45) is 0 Å². The molecule has 25 heavy (non-hydrogen) atoms. The van der Waals surface area contributed by atoms with E-state index in [2.05, 4.69) is 29.3 Å². The molecule has 132 valence electrons. The first-order chi connectivity index (χ1) is 12.0. The zero-order valence-corrected chi connectivity index (χ0v) is 14.8. The zero-order valence-electron chi connectivity index (χ0n) is 13.9. The van der Waals surface area contributed by atoms with Crippen LogP contribution in [0, 0.1) is 11.3 Å². The highest BCUT2D eigenvalue weighted by Crippen LogP contribution is 2.36. The van der Waals surface area contributed by atoms with Gasteiger partial charge in [0.2, 0.25) is 0 Å². The molecule has 2 aromatic rings. The van der Waals surface area contributed by atoms with Gasteiger partial charge in [0.05, 0.1) is 11.6 Å². The van der Waals surface area contributed by atoms with Gasteiger partial charge in [-0.2, -0.15) is 5.26 Å². The van der Waals surface area contributed by atoms with Crippen LogP contribution in [-0.2, 0) is 9.59 Å². The number of rotatable bonds is 2. The third kappa shape index (κ3) is 4.78. The minimum atomic E-state index is -1.82. The molecule has 0 spiro atoms. The van der Waals surface area contributed by atoms with Gasteiger partial charge >= 0.3 is 11.9 Å². The fourth-order valence-electron chi connectivity index (χ4n) is 2.99. The van der Waals surface area contributed by atoms with Crippen molar-refractivity contribution in [3.8, 4) is 6.07 Å². The lowest BCUT2D eigenvalue weighted by Gasteiger charge is -2.31. The van der Waals surface area contributed by atoms with Crippen LogP contribution in [0.25, 0.3) is 10.1 Å². The Balaban J connectivity index is 0.000000326. The Morgan fingerprint density at radius 2 is 1.92 bits per heavy atom. The Kier molecular flexibility index (Phi) is 6.51. The Hall–Kier alpha value is -2.43. The summed E-state index contributed by atoms with van der Waals surface area (Å²) in [7, 11) is 0. The molecule has 1 saturated heterocycles. The third-order valence-electron chi connectivity index (χ3n) is 4.39. The van der Waals surface area contributed by atoms with Crippen LogP contribution in [-0.4, -0.2) is 46.7 Å². The number of hydrogen-bond acceptors (Lipinski definition) is 5. The molecule has 0 saturated carbocycles. The number of carboxylic acid groups (broad SMARTS) is 2. The fourth-order valence-corrected chi connectivity index (χ4v) is 4.08. The Morgan fingerprint density at radius 1 is 1.28 bits per heavy atom. The summed E-state index contributed by atoms with van der Waals surface area (Å²) < 4.78 is 1.26. The highest BCUT2D eigenvalue weighted by atomic mass is 32.1. The van der Waals surface area contributed by atoms with Gasteiger partial charge in [-0.15, -0.1) is 11.3 Å². The Bertz CT molecular complexity index is 789. The number of carboxylic acids is 2. The third-order valence-corrected chi connectivity index (χ3v) is 5.36. The molecular weight excluding hydrogens is 340 g/mol. The minimum absolute atomic E-state index is 0.699. The van der Waals surface area contributed by atoms with E-state index in [-0.39, 0.29) is 0 Å². The molecule has 7 heteroatoms. The van der Waals surface area contributed by atoms with Crippen molar-refractivity contribution in [3.63, 3.8) is 0 Å². The van der Waals surface area contributed by atoms with Crippen LogP contribution >= 0.6 is 11.3 Å². The van der Waals surface area contributed by atoms with Gasteiger partial charge in [-0.05, 0) is 66.9 Å². The van der Waals surface area contributed by atoms with Crippen LogP contribution in [0.5, 0.6) is 0 Å². The first-order valence-corrected chi connectivity index (χ1v) is 8.94. The van der Waals surface area contributed by atoms with Gasteiger partial charge in [0.25, 0.3) is 0 Å². The Morgan fingerprint density at radius 3 is 2.44 bits per heavy atom. The molecular formula is C18H20N2O4S. The van der Waals surface area contributed by atoms with E-state index >= 15 is 0 Å². The van der Waals surface area contributed by atoms with Crippen molar-refractivity contribution in [2.75, 3.05) is 19.6 Å². The van der Waals surface area contributed by atoms with Gasteiger partial charge in [0.1, 0.15) is 0 Å². The van der Waals surface area contributed by atoms with E-state index in [1.807, 2.05) is 12.1 Å². The highest BCUT2D eigenvalue weighted by molar-refractivity contribution is 7.17. The molecule has 1 aromatic heterocycles. The smallest absolute Gasteiger partial charge is 0.414 e. The van der Waals surface area contributed by atoms with Gasteiger partial charge < -0.3 is 15.1 Å². The summed E-state index contributed by atoms with van der Waals surface area (Å²) in [6.07, 6.45) is 2.53. The number of aliphatic carboxylic acids is 2. The number of carbonyl (C=O) groups is 2. The summed E-state index contributed by atoms with van der Waals surface area (Å²) in [5.74, 6) is -2.95. The molecule has 1 fully saturated rings. The number of benzene rings is 1. The summed E-state index contributed by atoms with van der Waals surface area (Å²) in [5, 5.41) is 27.4. The van der Waals surface area contributed by atoms with Crippen molar-refractivity contribution < 1.29 is 19.8 Å². The average Bonchev–Trinajstić information content (AvgIpc) is 3.05. The van der Waals surface area contributed by atoms with E-state index in [0.717, 1.165) is 5.56 Å². The number of nitriles is 1. The van der Waals surface area contributed by atoms with Crippen molar-refractivity contribution in [1.29, 1.82) is 5.26 Å². The number of thiophene rings is 1. The van der Waals surface area contributed by atoms with Crippen LogP contribution in [0.2, 0.25) is 0 Å². The number of hydrogen-bond donors (Lipinski definition) is 2. The fraction of sp³-hybridized carbons (Fsp3) is 0.389. The lowest BCUT2D eigenvalue weighted by molar-refractivity contribution is -0.159. The van der Waals surface area contributed by atoms with E-state index in [1.54, 1.807) is 11.3 Å². The lowest BCUT2D eigenvalue weighted by atomic mass is 9.89. The predicted molar refractivity (Wildman–Crippen MR) is 95.9 cm³/mol. The van der Waals surface area contributed by atoms with Gasteiger partial charge in [-0.3, -0.25) is 0 Å². The molecule has 2 N–H and O–H groups in total. The molecule has 1 aliphatic heterocycles.